The summed E-state index contributed by atoms with van der Waals surface area (Å²) in [5, 5.41) is 8.10. The Labute approximate surface area is 230 Å². The Balaban J connectivity index is 0.000000505. The Morgan fingerprint density at radius 1 is 1.00 bits per heavy atom. The van der Waals surface area contributed by atoms with E-state index in [9.17, 15) is 18.0 Å². The van der Waals surface area contributed by atoms with E-state index in [1.807, 2.05) is 17.9 Å². The molecule has 2 aromatic rings. The fraction of sp³-hybridized carbons (Fsp3) is 0.481. The van der Waals surface area contributed by atoms with Crippen molar-refractivity contribution in [1.82, 2.24) is 9.80 Å². The summed E-state index contributed by atoms with van der Waals surface area (Å²) in [5.41, 5.74) is 2.17. The van der Waals surface area contributed by atoms with Crippen LogP contribution in [-0.4, -0.2) is 65.7 Å². The molecule has 0 aromatic heterocycles. The lowest BCUT2D eigenvalue weighted by molar-refractivity contribution is -0.192. The number of hydrogen-bond donors (Lipinski definition) is 1. The summed E-state index contributed by atoms with van der Waals surface area (Å²) < 4.78 is 37.5. The number of alkyl halides is 3. The van der Waals surface area contributed by atoms with Crippen LogP contribution < -0.4 is 4.74 Å². The van der Waals surface area contributed by atoms with Crippen LogP contribution in [0.2, 0.25) is 10.0 Å². The Morgan fingerprint density at radius 2 is 1.58 bits per heavy atom. The van der Waals surface area contributed by atoms with Crippen molar-refractivity contribution in [2.24, 2.45) is 5.41 Å². The highest BCUT2D eigenvalue weighted by Gasteiger charge is 2.39. The number of para-hydroxylation sites is 1. The second-order valence-corrected chi connectivity index (χ2v) is 10.4. The molecule has 4 rings (SSSR count). The van der Waals surface area contributed by atoms with Crippen LogP contribution in [0.3, 0.4) is 0 Å². The maximum absolute atomic E-state index is 12.9. The van der Waals surface area contributed by atoms with Crippen molar-refractivity contribution in [3.05, 3.63) is 63.6 Å². The van der Waals surface area contributed by atoms with Gasteiger partial charge in [0.2, 0.25) is 0 Å². The molecule has 0 saturated carbocycles. The van der Waals surface area contributed by atoms with E-state index < -0.39 is 12.1 Å². The van der Waals surface area contributed by atoms with Gasteiger partial charge in [0, 0.05) is 30.2 Å². The lowest BCUT2D eigenvalue weighted by Crippen LogP contribution is -2.48. The zero-order valence-electron chi connectivity index (χ0n) is 21.1. The number of halogens is 5. The van der Waals surface area contributed by atoms with Gasteiger partial charge in [-0.05, 0) is 75.4 Å². The number of carbonyl (C=O) groups is 2. The zero-order chi connectivity index (χ0) is 27.9. The average Bonchev–Trinajstić information content (AvgIpc) is 2.87. The summed E-state index contributed by atoms with van der Waals surface area (Å²) in [4.78, 5) is 26.3. The topological polar surface area (TPSA) is 70.1 Å². The van der Waals surface area contributed by atoms with Gasteiger partial charge in [0.15, 0.2) is 0 Å². The van der Waals surface area contributed by atoms with E-state index in [-0.39, 0.29) is 5.91 Å². The molecule has 2 aromatic carbocycles. The minimum atomic E-state index is -5.08. The van der Waals surface area contributed by atoms with E-state index in [2.05, 4.69) is 23.1 Å². The number of ether oxygens (including phenoxy) is 1. The highest BCUT2D eigenvalue weighted by molar-refractivity contribution is 6.36. The first-order valence-corrected chi connectivity index (χ1v) is 13.2. The van der Waals surface area contributed by atoms with Crippen molar-refractivity contribution in [2.45, 2.75) is 45.3 Å². The molecule has 0 aliphatic carbocycles. The maximum atomic E-state index is 12.9. The molecule has 2 saturated heterocycles. The number of amides is 1. The number of nitrogens with zero attached hydrogens (tertiary/aromatic N) is 2. The summed E-state index contributed by atoms with van der Waals surface area (Å²) in [7, 11) is 0. The molecule has 2 fully saturated rings. The van der Waals surface area contributed by atoms with Crippen molar-refractivity contribution >= 4 is 35.1 Å². The highest BCUT2D eigenvalue weighted by atomic mass is 35.5. The molecule has 0 bridgehead atoms. The van der Waals surface area contributed by atoms with E-state index in [0.717, 1.165) is 51.3 Å². The maximum Gasteiger partial charge on any atom is 0.490 e. The molecule has 2 aliphatic rings. The van der Waals surface area contributed by atoms with Gasteiger partial charge in [0.1, 0.15) is 5.75 Å². The molecular formula is C27H31Cl2F3N2O4. The van der Waals surface area contributed by atoms with Crippen LogP contribution in [0.25, 0.3) is 0 Å². The molecule has 6 nitrogen and oxygen atoms in total. The number of carboxylic acids is 1. The third kappa shape index (κ3) is 8.01. The van der Waals surface area contributed by atoms with Crippen molar-refractivity contribution in [1.29, 1.82) is 0 Å². The van der Waals surface area contributed by atoms with Crippen molar-refractivity contribution in [3.8, 4) is 5.75 Å². The fourth-order valence-electron chi connectivity index (χ4n) is 4.87. The molecule has 2 aliphatic heterocycles. The van der Waals surface area contributed by atoms with Gasteiger partial charge < -0.3 is 14.7 Å². The largest absolute Gasteiger partial charge is 0.494 e. The van der Waals surface area contributed by atoms with Gasteiger partial charge in [-0.2, -0.15) is 13.2 Å². The first-order chi connectivity index (χ1) is 17.9. The molecule has 1 amide bonds. The third-order valence-corrected chi connectivity index (χ3v) is 7.65. The Morgan fingerprint density at radius 3 is 2.13 bits per heavy atom. The highest BCUT2D eigenvalue weighted by Crippen LogP contribution is 2.42. The van der Waals surface area contributed by atoms with Crippen LogP contribution >= 0.6 is 23.2 Å². The van der Waals surface area contributed by atoms with E-state index >= 15 is 0 Å². The molecule has 1 N–H and O–H groups in total. The van der Waals surface area contributed by atoms with Crippen molar-refractivity contribution in [3.63, 3.8) is 0 Å². The second kappa shape index (κ2) is 13.0. The SMILES string of the molecule is CCOc1ccccc1CN1CCC2(CC1)CCN(C(=O)c1ccc(Cl)cc1Cl)CC2.O=C(O)C(F)(F)F. The average molecular weight is 575 g/mol. The van der Waals surface area contributed by atoms with Gasteiger partial charge in [-0.15, -0.1) is 0 Å². The molecule has 38 heavy (non-hydrogen) atoms. The van der Waals surface area contributed by atoms with Crippen LogP contribution in [0.4, 0.5) is 13.2 Å². The third-order valence-electron chi connectivity index (χ3n) is 7.10. The first-order valence-electron chi connectivity index (χ1n) is 12.4. The van der Waals surface area contributed by atoms with Crippen LogP contribution in [0.15, 0.2) is 42.5 Å². The van der Waals surface area contributed by atoms with Crippen molar-refractivity contribution in [2.75, 3.05) is 32.8 Å². The van der Waals surface area contributed by atoms with Gasteiger partial charge >= 0.3 is 12.1 Å². The summed E-state index contributed by atoms with van der Waals surface area (Å²) in [5.74, 6) is -1.74. The van der Waals surface area contributed by atoms with Gasteiger partial charge in [-0.3, -0.25) is 9.69 Å². The van der Waals surface area contributed by atoms with Gasteiger partial charge in [0.05, 0.1) is 17.2 Å². The van der Waals surface area contributed by atoms with Gasteiger partial charge in [-0.1, -0.05) is 41.4 Å². The second-order valence-electron chi connectivity index (χ2n) is 9.54. The molecule has 0 radical (unpaired) electrons. The number of rotatable bonds is 5. The molecule has 208 valence electrons. The first kappa shape index (κ1) is 30.1. The van der Waals surface area contributed by atoms with Crippen LogP contribution in [-0.2, 0) is 11.3 Å². The van der Waals surface area contributed by atoms with Gasteiger partial charge in [-0.25, -0.2) is 4.79 Å². The Bertz CT molecular complexity index is 1110. The van der Waals surface area contributed by atoms with Crippen LogP contribution in [0, 0.1) is 5.41 Å². The van der Waals surface area contributed by atoms with E-state index in [4.69, 9.17) is 37.8 Å². The Kier molecular flexibility index (Phi) is 10.3. The summed E-state index contributed by atoms with van der Waals surface area (Å²) in [6, 6.07) is 13.4. The normalized spacial score (nSPS) is 17.5. The summed E-state index contributed by atoms with van der Waals surface area (Å²) >= 11 is 12.2. The lowest BCUT2D eigenvalue weighted by Gasteiger charge is -2.47. The van der Waals surface area contributed by atoms with Gasteiger partial charge in [0.25, 0.3) is 5.91 Å². The Hall–Kier alpha value is -2.49. The molecule has 2 heterocycles. The number of aliphatic carboxylic acids is 1. The van der Waals surface area contributed by atoms with E-state index in [1.165, 1.54) is 18.4 Å². The lowest BCUT2D eigenvalue weighted by atomic mass is 9.71. The smallest absolute Gasteiger partial charge is 0.490 e. The quantitative estimate of drug-likeness (QED) is 0.439. The molecule has 0 atom stereocenters. The number of hydrogen-bond acceptors (Lipinski definition) is 4. The number of likely N-dealkylation sites (tertiary alicyclic amines) is 2. The zero-order valence-corrected chi connectivity index (χ0v) is 22.6. The number of carbonyl (C=O) groups excluding carboxylic acids is 1. The standard InChI is InChI=1S/C25H30Cl2N2O2.C2HF3O2/c1-2-31-23-6-4-3-5-19(23)18-28-13-9-25(10-14-28)11-15-29(16-12-25)24(30)21-8-7-20(26)17-22(21)27;3-2(4,5)1(6)7/h3-8,17H,2,9-16,18H2,1H3;(H,6,7). The monoisotopic (exact) mass is 574 g/mol. The van der Waals surface area contributed by atoms with E-state index in [1.54, 1.807) is 18.2 Å². The van der Waals surface area contributed by atoms with E-state index in [0.29, 0.717) is 27.6 Å². The number of piperidine rings is 2. The molecule has 11 heteroatoms. The molecule has 0 unspecified atom stereocenters. The number of benzene rings is 2. The van der Waals surface area contributed by atoms with Crippen LogP contribution in [0.1, 0.15) is 48.5 Å². The predicted octanol–water partition coefficient (Wildman–Crippen LogP) is 6.54. The minimum absolute atomic E-state index is 0.0153. The van der Waals surface area contributed by atoms with Crippen LogP contribution in [0.5, 0.6) is 5.75 Å². The predicted molar refractivity (Wildman–Crippen MR) is 140 cm³/mol. The molecular weight excluding hydrogens is 544 g/mol. The fourth-order valence-corrected chi connectivity index (χ4v) is 5.36. The molecule has 1 spiro atoms. The van der Waals surface area contributed by atoms with Crippen molar-refractivity contribution < 1.29 is 32.6 Å². The number of carboxylic acid groups (broad SMARTS) is 1. The summed E-state index contributed by atoms with van der Waals surface area (Å²) in [6.07, 6.45) is -0.582. The summed E-state index contributed by atoms with van der Waals surface area (Å²) in [6.45, 7) is 7.44. The minimum Gasteiger partial charge on any atom is -0.494 e.